The Morgan fingerprint density at radius 3 is 2.04 bits per heavy atom. The van der Waals surface area contributed by atoms with E-state index >= 15 is 0 Å². The van der Waals surface area contributed by atoms with Gasteiger partial charge in [-0.2, -0.15) is 8.42 Å². The Morgan fingerprint density at radius 2 is 1.54 bits per heavy atom. The Bertz CT molecular complexity index is 970. The molecule has 0 saturated heterocycles. The van der Waals surface area contributed by atoms with Crippen molar-refractivity contribution < 1.29 is 13.2 Å². The molecular formula is C20H28N4O3S. The summed E-state index contributed by atoms with van der Waals surface area (Å²) >= 11 is 0. The summed E-state index contributed by atoms with van der Waals surface area (Å²) in [5, 5.41) is 2.50. The topological polar surface area (TPSA) is 101 Å². The fourth-order valence-electron chi connectivity index (χ4n) is 2.98. The zero-order valence-electron chi connectivity index (χ0n) is 17.4. The van der Waals surface area contributed by atoms with Crippen LogP contribution in [0.5, 0.6) is 0 Å². The van der Waals surface area contributed by atoms with Crippen LogP contribution in [0.25, 0.3) is 0 Å². The number of aryl methyl sites for hydroxylation is 3. The molecule has 2 aromatic rings. The highest BCUT2D eigenvalue weighted by molar-refractivity contribution is 7.90. The molecule has 1 aromatic carbocycles. The molecule has 0 bridgehead atoms. The van der Waals surface area contributed by atoms with Gasteiger partial charge in [0, 0.05) is 11.9 Å². The summed E-state index contributed by atoms with van der Waals surface area (Å²) in [7, 11) is -4.14. The van der Waals surface area contributed by atoms with Crippen LogP contribution in [-0.2, 0) is 10.0 Å². The van der Waals surface area contributed by atoms with Crippen LogP contribution in [0.15, 0.2) is 23.4 Å². The van der Waals surface area contributed by atoms with Gasteiger partial charge in [0.25, 0.3) is 10.0 Å². The van der Waals surface area contributed by atoms with Crippen LogP contribution in [0.3, 0.4) is 0 Å². The van der Waals surface area contributed by atoms with Crippen LogP contribution in [-0.4, -0.2) is 24.4 Å². The number of nitrogens with zero attached hydrogens (tertiary/aromatic N) is 2. The lowest BCUT2D eigenvalue weighted by Gasteiger charge is -2.21. The number of carbonyl (C=O) groups is 1. The van der Waals surface area contributed by atoms with Gasteiger partial charge in [0.1, 0.15) is 0 Å². The Balaban J connectivity index is 2.39. The molecule has 0 radical (unpaired) electrons. The minimum absolute atomic E-state index is 0.161. The minimum Gasteiger partial charge on any atom is -0.307 e. The second-order valence-corrected chi connectivity index (χ2v) is 9.19. The van der Waals surface area contributed by atoms with Gasteiger partial charge in [-0.1, -0.05) is 45.4 Å². The minimum atomic E-state index is -4.14. The predicted molar refractivity (Wildman–Crippen MR) is 110 cm³/mol. The zero-order chi connectivity index (χ0) is 21.2. The number of aromatic nitrogens is 2. The molecule has 0 spiro atoms. The van der Waals surface area contributed by atoms with E-state index in [2.05, 4.69) is 20.0 Å². The molecule has 0 aliphatic carbocycles. The maximum atomic E-state index is 12.6. The van der Waals surface area contributed by atoms with Gasteiger partial charge < -0.3 is 5.32 Å². The lowest BCUT2D eigenvalue weighted by molar-refractivity contribution is 0.256. The first kappa shape index (κ1) is 21.8. The summed E-state index contributed by atoms with van der Waals surface area (Å²) in [6.45, 7) is 13.3. The van der Waals surface area contributed by atoms with Crippen molar-refractivity contribution in [2.75, 3.05) is 5.32 Å². The van der Waals surface area contributed by atoms with Crippen molar-refractivity contribution in [2.24, 2.45) is 0 Å². The molecule has 1 heterocycles. The van der Waals surface area contributed by atoms with E-state index in [1.54, 1.807) is 6.92 Å². The van der Waals surface area contributed by atoms with Crippen molar-refractivity contribution in [3.05, 3.63) is 46.4 Å². The molecule has 8 heteroatoms. The number of hydrogen-bond acceptors (Lipinski definition) is 5. The molecule has 0 aliphatic heterocycles. The van der Waals surface area contributed by atoms with Crippen LogP contribution in [0.2, 0.25) is 0 Å². The molecule has 2 amide bonds. The normalized spacial score (nSPS) is 11.8. The van der Waals surface area contributed by atoms with Gasteiger partial charge in [0.2, 0.25) is 0 Å². The van der Waals surface area contributed by atoms with E-state index in [4.69, 9.17) is 0 Å². The van der Waals surface area contributed by atoms with E-state index in [1.165, 1.54) is 13.1 Å². The van der Waals surface area contributed by atoms with Crippen LogP contribution in [0.4, 0.5) is 10.5 Å². The highest BCUT2D eigenvalue weighted by atomic mass is 32.2. The van der Waals surface area contributed by atoms with Crippen LogP contribution in [0, 0.1) is 20.8 Å². The van der Waals surface area contributed by atoms with E-state index in [-0.39, 0.29) is 22.6 Å². The Hall–Kier alpha value is -2.48. The standard InChI is InChI=1S/C20H28N4O3S/c1-11(2)16-8-13(5)9-17(12(3)4)18(16)23-20(25)24-28(26,27)19-15(7)21-10-14(6)22-19/h8-12H,1-7H3,(H2,23,24,25). The number of benzene rings is 1. The number of rotatable bonds is 5. The second kappa shape index (κ2) is 8.26. The third-order valence-electron chi connectivity index (χ3n) is 4.34. The van der Waals surface area contributed by atoms with Crippen molar-refractivity contribution in [1.82, 2.24) is 14.7 Å². The Labute approximate surface area is 167 Å². The molecule has 2 rings (SSSR count). The number of urea groups is 1. The number of amides is 2. The first-order chi connectivity index (χ1) is 12.9. The van der Waals surface area contributed by atoms with Crippen molar-refractivity contribution >= 4 is 21.7 Å². The van der Waals surface area contributed by atoms with Crippen LogP contribution >= 0.6 is 0 Å². The fourth-order valence-corrected chi connectivity index (χ4v) is 4.08. The molecule has 7 nitrogen and oxygen atoms in total. The predicted octanol–water partition coefficient (Wildman–Crippen LogP) is 4.16. The van der Waals surface area contributed by atoms with Crippen LogP contribution in [0.1, 0.15) is 67.6 Å². The number of hydrogen-bond donors (Lipinski definition) is 2. The monoisotopic (exact) mass is 404 g/mol. The molecular weight excluding hydrogens is 376 g/mol. The number of sulfonamides is 1. The van der Waals surface area contributed by atoms with Gasteiger partial charge in [-0.15, -0.1) is 0 Å². The van der Waals surface area contributed by atoms with Crippen molar-refractivity contribution in [1.29, 1.82) is 0 Å². The fraction of sp³-hybridized carbons (Fsp3) is 0.450. The summed E-state index contributed by atoms with van der Waals surface area (Å²) in [6.07, 6.45) is 1.48. The summed E-state index contributed by atoms with van der Waals surface area (Å²) in [5.74, 6) is 0.323. The third kappa shape index (κ3) is 4.86. The van der Waals surface area contributed by atoms with E-state index in [9.17, 15) is 13.2 Å². The third-order valence-corrected chi connectivity index (χ3v) is 5.69. The first-order valence-electron chi connectivity index (χ1n) is 9.20. The van der Waals surface area contributed by atoms with Crippen molar-refractivity contribution in [3.8, 4) is 0 Å². The molecule has 0 saturated carbocycles. The number of nitrogens with one attached hydrogen (secondary N) is 2. The van der Waals surface area contributed by atoms with Gasteiger partial charge in [0.05, 0.1) is 11.4 Å². The van der Waals surface area contributed by atoms with Gasteiger partial charge in [-0.3, -0.25) is 4.98 Å². The lowest BCUT2D eigenvalue weighted by atomic mass is 9.90. The molecule has 0 unspecified atom stereocenters. The summed E-state index contributed by atoms with van der Waals surface area (Å²) in [6, 6.07) is 3.20. The smallest absolute Gasteiger partial charge is 0.307 e. The molecule has 0 aliphatic rings. The molecule has 152 valence electrons. The molecule has 0 fully saturated rings. The van der Waals surface area contributed by atoms with E-state index < -0.39 is 16.1 Å². The second-order valence-electron chi connectivity index (χ2n) is 7.59. The Morgan fingerprint density at radius 1 is 1.00 bits per heavy atom. The lowest BCUT2D eigenvalue weighted by Crippen LogP contribution is -2.36. The SMILES string of the molecule is Cc1cc(C(C)C)c(NC(=O)NS(=O)(=O)c2nc(C)cnc2C)c(C(C)C)c1. The van der Waals surface area contributed by atoms with Gasteiger partial charge >= 0.3 is 6.03 Å². The quantitative estimate of drug-likeness (QED) is 0.779. The highest BCUT2D eigenvalue weighted by Crippen LogP contribution is 2.33. The number of carbonyl (C=O) groups excluding carboxylic acids is 1. The highest BCUT2D eigenvalue weighted by Gasteiger charge is 2.24. The van der Waals surface area contributed by atoms with Gasteiger partial charge in [-0.25, -0.2) is 14.5 Å². The zero-order valence-corrected chi connectivity index (χ0v) is 18.2. The first-order valence-corrected chi connectivity index (χ1v) is 10.7. The number of anilines is 1. The van der Waals surface area contributed by atoms with Gasteiger partial charge in [-0.05, 0) is 43.7 Å². The average molecular weight is 405 g/mol. The molecule has 0 atom stereocenters. The average Bonchev–Trinajstić information content (AvgIpc) is 2.57. The van der Waals surface area contributed by atoms with E-state index in [0.717, 1.165) is 16.7 Å². The van der Waals surface area contributed by atoms with E-state index in [0.29, 0.717) is 11.4 Å². The van der Waals surface area contributed by atoms with Crippen molar-refractivity contribution in [3.63, 3.8) is 0 Å². The van der Waals surface area contributed by atoms with E-state index in [1.807, 2.05) is 46.8 Å². The molecule has 28 heavy (non-hydrogen) atoms. The maximum absolute atomic E-state index is 12.6. The molecule has 1 aromatic heterocycles. The summed E-state index contributed by atoms with van der Waals surface area (Å²) in [5.41, 5.74) is 4.35. The van der Waals surface area contributed by atoms with Gasteiger partial charge in [0.15, 0.2) is 5.03 Å². The summed E-state index contributed by atoms with van der Waals surface area (Å²) < 4.78 is 27.3. The van der Waals surface area contributed by atoms with Crippen molar-refractivity contribution in [2.45, 2.75) is 65.3 Å². The summed E-state index contributed by atoms with van der Waals surface area (Å²) in [4.78, 5) is 20.6. The van der Waals surface area contributed by atoms with Crippen LogP contribution < -0.4 is 10.0 Å². The maximum Gasteiger partial charge on any atom is 0.333 e. The molecule has 2 N–H and O–H groups in total. The Kier molecular flexibility index (Phi) is 6.44. The largest absolute Gasteiger partial charge is 0.333 e.